The van der Waals surface area contributed by atoms with Gasteiger partial charge in [0.2, 0.25) is 17.7 Å². The van der Waals surface area contributed by atoms with Crippen LogP contribution in [0.5, 0.6) is 5.75 Å². The highest BCUT2D eigenvalue weighted by atomic mass is 19.2. The van der Waals surface area contributed by atoms with E-state index in [0.29, 0.717) is 0 Å². The molecule has 0 saturated carbocycles. The van der Waals surface area contributed by atoms with E-state index in [1.807, 2.05) is 0 Å². The number of nitrogens with zero attached hydrogens (tertiary/aromatic N) is 1. The number of hydrogen-bond donors (Lipinski definition) is 1. The highest BCUT2D eigenvalue weighted by Gasteiger charge is 2.28. The number of aliphatic imine (C=N–C) groups is 1. The number of aliphatic hydroxyl groups excluding tert-OH is 1. The van der Waals surface area contributed by atoms with E-state index in [1.165, 1.54) is 0 Å². The van der Waals surface area contributed by atoms with Crippen LogP contribution in [0.1, 0.15) is 27.2 Å². The Balaban J connectivity index is 2.80. The van der Waals surface area contributed by atoms with Crippen LogP contribution in [0.3, 0.4) is 0 Å². The molecule has 1 rings (SSSR count). The molecule has 10 heteroatoms. The van der Waals surface area contributed by atoms with Crippen molar-refractivity contribution in [2.75, 3.05) is 6.61 Å². The smallest absolute Gasteiger partial charge is 0.332 e. The highest BCUT2D eigenvalue weighted by molar-refractivity contribution is 5.77. The highest BCUT2D eigenvalue weighted by Crippen LogP contribution is 2.26. The van der Waals surface area contributed by atoms with Crippen molar-refractivity contribution in [3.63, 3.8) is 0 Å². The van der Waals surface area contributed by atoms with E-state index in [9.17, 15) is 32.3 Å². The first-order valence-corrected chi connectivity index (χ1v) is 7.40. The van der Waals surface area contributed by atoms with Gasteiger partial charge in [0.25, 0.3) is 0 Å². The summed E-state index contributed by atoms with van der Waals surface area (Å²) < 4.78 is 62.6. The molecule has 144 valence electrons. The average Bonchev–Trinajstić information content (AvgIpc) is 2.51. The zero-order valence-electron chi connectivity index (χ0n) is 14.2. The summed E-state index contributed by atoms with van der Waals surface area (Å²) >= 11 is 0. The van der Waals surface area contributed by atoms with E-state index in [4.69, 9.17) is 4.74 Å². The minimum absolute atomic E-state index is 0.00525. The number of aliphatic hydroxyl groups is 1. The van der Waals surface area contributed by atoms with Crippen LogP contribution in [0, 0.1) is 23.3 Å². The molecule has 0 saturated heterocycles. The van der Waals surface area contributed by atoms with Gasteiger partial charge in [0, 0.05) is 12.5 Å². The zero-order valence-corrected chi connectivity index (χ0v) is 14.2. The van der Waals surface area contributed by atoms with Crippen molar-refractivity contribution in [2.24, 2.45) is 4.99 Å². The Morgan fingerprint density at radius 3 is 2.23 bits per heavy atom. The summed E-state index contributed by atoms with van der Waals surface area (Å²) in [6, 6.07) is -1.44. The van der Waals surface area contributed by atoms with Gasteiger partial charge in [0.15, 0.2) is 23.4 Å². The molecule has 0 aliphatic carbocycles. The van der Waals surface area contributed by atoms with Crippen LogP contribution in [0.4, 0.5) is 17.6 Å². The molecule has 26 heavy (non-hydrogen) atoms. The minimum Gasteiger partial charge on any atom is -0.485 e. The van der Waals surface area contributed by atoms with E-state index in [2.05, 4.69) is 9.73 Å². The Morgan fingerprint density at radius 1 is 1.23 bits per heavy atom. The zero-order chi connectivity index (χ0) is 20.1. The van der Waals surface area contributed by atoms with Crippen LogP contribution in [0.15, 0.2) is 11.1 Å². The normalized spacial score (nSPS) is 13.5. The SMILES string of the molecule is CC(C)(C)OC(=O)C(CC(O)COc1c(F)c(F)cc(F)c1F)N=C=O. The third-order valence-corrected chi connectivity index (χ3v) is 2.87. The number of isocyanates is 1. The molecule has 0 aliphatic heterocycles. The summed E-state index contributed by atoms with van der Waals surface area (Å²) in [5.74, 6) is -9.18. The summed E-state index contributed by atoms with van der Waals surface area (Å²) in [6.45, 7) is 3.87. The number of carbonyl (C=O) groups excluding carboxylic acids is 2. The Hall–Kier alpha value is -2.45. The lowest BCUT2D eigenvalue weighted by Gasteiger charge is -2.22. The number of hydrogen-bond acceptors (Lipinski definition) is 6. The molecule has 0 bridgehead atoms. The van der Waals surface area contributed by atoms with E-state index >= 15 is 0 Å². The van der Waals surface area contributed by atoms with Crippen LogP contribution in [0.25, 0.3) is 0 Å². The predicted octanol–water partition coefficient (Wildman–Crippen LogP) is 2.42. The lowest BCUT2D eigenvalue weighted by molar-refractivity contribution is -0.157. The maximum atomic E-state index is 13.5. The third-order valence-electron chi connectivity index (χ3n) is 2.87. The van der Waals surface area contributed by atoms with Gasteiger partial charge in [-0.15, -0.1) is 0 Å². The fraction of sp³-hybridized carbons (Fsp3) is 0.500. The van der Waals surface area contributed by atoms with Crippen LogP contribution < -0.4 is 4.74 Å². The van der Waals surface area contributed by atoms with Crippen molar-refractivity contribution in [2.45, 2.75) is 44.9 Å². The summed E-state index contributed by atoms with van der Waals surface area (Å²) in [4.78, 5) is 25.5. The van der Waals surface area contributed by atoms with E-state index in [1.54, 1.807) is 20.8 Å². The van der Waals surface area contributed by atoms with Crippen LogP contribution >= 0.6 is 0 Å². The monoisotopic (exact) mass is 379 g/mol. The molecule has 1 aromatic carbocycles. The van der Waals surface area contributed by atoms with Crippen molar-refractivity contribution in [3.8, 4) is 5.75 Å². The molecule has 1 aromatic rings. The number of halogens is 4. The summed E-state index contributed by atoms with van der Waals surface area (Å²) in [5, 5.41) is 9.82. The van der Waals surface area contributed by atoms with Gasteiger partial charge in [-0.1, -0.05) is 0 Å². The average molecular weight is 379 g/mol. The fourth-order valence-corrected chi connectivity index (χ4v) is 1.82. The minimum atomic E-state index is -1.77. The summed E-state index contributed by atoms with van der Waals surface area (Å²) in [5.41, 5.74) is -0.888. The Morgan fingerprint density at radius 2 is 1.77 bits per heavy atom. The van der Waals surface area contributed by atoms with E-state index in [-0.39, 0.29) is 6.07 Å². The number of esters is 1. The molecule has 2 atom stereocenters. The largest absolute Gasteiger partial charge is 0.485 e. The molecule has 0 aliphatic rings. The van der Waals surface area contributed by atoms with Gasteiger partial charge < -0.3 is 14.6 Å². The Labute approximate surface area is 146 Å². The number of rotatable bonds is 7. The molecule has 1 N–H and O–H groups in total. The molecule has 0 aromatic heterocycles. The molecule has 0 amide bonds. The second-order valence-electron chi connectivity index (χ2n) is 6.27. The van der Waals surface area contributed by atoms with E-state index in [0.717, 1.165) is 6.08 Å². The lowest BCUT2D eigenvalue weighted by Crippen LogP contribution is -2.34. The standard InChI is InChI=1S/C16H17F4NO5/c1-16(2,3)26-15(24)11(21-7-22)4-8(23)6-25-14-12(19)9(17)5-10(18)13(14)20/h5,8,11,23H,4,6H2,1-3H3. The maximum absolute atomic E-state index is 13.5. The molecular weight excluding hydrogens is 362 g/mol. The quantitative estimate of drug-likeness (QED) is 0.259. The first kappa shape index (κ1) is 21.6. The lowest BCUT2D eigenvalue weighted by atomic mass is 10.1. The van der Waals surface area contributed by atoms with Gasteiger partial charge in [-0.3, -0.25) is 0 Å². The van der Waals surface area contributed by atoms with Crippen molar-refractivity contribution in [3.05, 3.63) is 29.3 Å². The molecule has 0 fully saturated rings. The molecular formula is C16H17F4NO5. The van der Waals surface area contributed by atoms with Crippen molar-refractivity contribution >= 4 is 12.0 Å². The molecule has 0 spiro atoms. The number of carbonyl (C=O) groups is 1. The van der Waals surface area contributed by atoms with Crippen LogP contribution in [0.2, 0.25) is 0 Å². The summed E-state index contributed by atoms with van der Waals surface area (Å²) in [7, 11) is 0. The summed E-state index contributed by atoms with van der Waals surface area (Å²) in [6.07, 6.45) is -0.919. The van der Waals surface area contributed by atoms with Crippen molar-refractivity contribution in [1.29, 1.82) is 0 Å². The maximum Gasteiger partial charge on any atom is 0.332 e. The van der Waals surface area contributed by atoms with Crippen LogP contribution in [-0.4, -0.2) is 41.5 Å². The van der Waals surface area contributed by atoms with Gasteiger partial charge in [-0.05, 0) is 20.8 Å². The second-order valence-corrected chi connectivity index (χ2v) is 6.27. The van der Waals surface area contributed by atoms with Gasteiger partial charge in [-0.2, -0.15) is 13.8 Å². The van der Waals surface area contributed by atoms with Gasteiger partial charge in [-0.25, -0.2) is 18.4 Å². The van der Waals surface area contributed by atoms with Crippen molar-refractivity contribution < 1.29 is 41.7 Å². The fourth-order valence-electron chi connectivity index (χ4n) is 1.82. The van der Waals surface area contributed by atoms with Crippen molar-refractivity contribution in [1.82, 2.24) is 0 Å². The topological polar surface area (TPSA) is 85.2 Å². The van der Waals surface area contributed by atoms with Gasteiger partial charge in [0.05, 0.1) is 6.10 Å². The molecule has 0 heterocycles. The second kappa shape index (κ2) is 8.77. The first-order chi connectivity index (χ1) is 12.0. The number of benzene rings is 1. The van der Waals surface area contributed by atoms with Gasteiger partial charge >= 0.3 is 5.97 Å². The van der Waals surface area contributed by atoms with E-state index < -0.39 is 65.8 Å². The molecule has 2 unspecified atom stereocenters. The van der Waals surface area contributed by atoms with Gasteiger partial charge in [0.1, 0.15) is 12.2 Å². The third kappa shape index (κ3) is 6.12. The predicted molar refractivity (Wildman–Crippen MR) is 80.1 cm³/mol. The number of ether oxygens (including phenoxy) is 2. The Kier molecular flexibility index (Phi) is 7.29. The molecule has 6 nitrogen and oxygen atoms in total. The Bertz CT molecular complexity index is 687. The van der Waals surface area contributed by atoms with Crippen LogP contribution in [-0.2, 0) is 14.3 Å². The first-order valence-electron chi connectivity index (χ1n) is 7.40. The molecule has 0 radical (unpaired) electrons.